The molecule has 0 saturated carbocycles. The normalized spacial score (nSPS) is 14.8. The van der Waals surface area contributed by atoms with Crippen molar-refractivity contribution in [2.45, 2.75) is 51.4 Å². The molecular formula is C12H27BN2O2. The van der Waals surface area contributed by atoms with Crippen LogP contribution in [0.5, 0.6) is 0 Å². The minimum atomic E-state index is -1.06. The van der Waals surface area contributed by atoms with Crippen molar-refractivity contribution in [2.75, 3.05) is 13.1 Å². The molecule has 0 spiro atoms. The van der Waals surface area contributed by atoms with Gasteiger partial charge >= 0.3 is 5.97 Å². The molecule has 0 unspecified atom stereocenters. The maximum absolute atomic E-state index is 11.2. The van der Waals surface area contributed by atoms with Crippen molar-refractivity contribution >= 4 is 13.8 Å². The second-order valence-corrected chi connectivity index (χ2v) is 5.27. The summed E-state index contributed by atoms with van der Waals surface area (Å²) >= 11 is 0. The van der Waals surface area contributed by atoms with E-state index in [0.717, 1.165) is 25.7 Å². The lowest BCUT2D eigenvalue weighted by Gasteiger charge is -2.25. The molecule has 0 saturated heterocycles. The smallest absolute Gasteiger partial charge is 0.323 e. The first-order valence-corrected chi connectivity index (χ1v) is 6.65. The Morgan fingerprint density at radius 3 is 2.53 bits per heavy atom. The summed E-state index contributed by atoms with van der Waals surface area (Å²) in [6.07, 6.45) is 4.09. The lowest BCUT2D eigenvalue weighted by Crippen LogP contribution is -2.49. The molecule has 0 aromatic carbocycles. The monoisotopic (exact) mass is 242 g/mol. The number of unbranched alkanes of at least 4 members (excludes halogenated alkanes) is 1. The molecule has 0 heterocycles. The van der Waals surface area contributed by atoms with Gasteiger partial charge in [-0.3, -0.25) is 4.79 Å². The van der Waals surface area contributed by atoms with Crippen LogP contribution in [0.3, 0.4) is 0 Å². The summed E-state index contributed by atoms with van der Waals surface area (Å²) in [5.41, 5.74) is 4.90. The van der Waals surface area contributed by atoms with Crippen LogP contribution in [0.4, 0.5) is 0 Å². The average molecular weight is 242 g/mol. The first-order chi connectivity index (χ1) is 7.92. The van der Waals surface area contributed by atoms with E-state index in [9.17, 15) is 9.90 Å². The van der Waals surface area contributed by atoms with Gasteiger partial charge in [-0.05, 0) is 31.8 Å². The van der Waals surface area contributed by atoms with E-state index in [4.69, 9.17) is 5.73 Å². The largest absolute Gasteiger partial charge is 0.480 e. The summed E-state index contributed by atoms with van der Waals surface area (Å²) in [4.78, 5) is 11.2. The third-order valence-electron chi connectivity index (χ3n) is 2.95. The van der Waals surface area contributed by atoms with Gasteiger partial charge in [-0.2, -0.15) is 0 Å². The fraction of sp³-hybridized carbons (Fsp3) is 0.917. The van der Waals surface area contributed by atoms with Crippen LogP contribution in [-0.4, -0.2) is 37.6 Å². The fourth-order valence-electron chi connectivity index (χ4n) is 1.73. The second kappa shape index (κ2) is 8.53. The maximum Gasteiger partial charge on any atom is 0.323 e. The number of hydrogen-bond donors (Lipinski definition) is 3. The van der Waals surface area contributed by atoms with Crippen molar-refractivity contribution in [1.82, 2.24) is 5.32 Å². The first kappa shape index (κ1) is 16.5. The number of carboxylic acid groups (broad SMARTS) is 1. The van der Waals surface area contributed by atoms with Crippen LogP contribution < -0.4 is 11.1 Å². The van der Waals surface area contributed by atoms with Gasteiger partial charge in [0.15, 0.2) is 0 Å². The Bertz CT molecular complexity index is 225. The van der Waals surface area contributed by atoms with E-state index >= 15 is 0 Å². The Balaban J connectivity index is 3.99. The molecule has 17 heavy (non-hydrogen) atoms. The molecule has 0 bridgehead atoms. The SMILES string of the molecule is BCCCC[C@@](N)(CCNCC(C)C)C(=O)O. The highest BCUT2D eigenvalue weighted by molar-refractivity contribution is 6.08. The van der Waals surface area contributed by atoms with Crippen LogP contribution in [0.15, 0.2) is 0 Å². The van der Waals surface area contributed by atoms with Crippen LogP contribution in [0.25, 0.3) is 0 Å². The number of nitrogens with one attached hydrogen (secondary N) is 1. The van der Waals surface area contributed by atoms with E-state index in [-0.39, 0.29) is 0 Å². The number of carboxylic acids is 1. The Morgan fingerprint density at radius 2 is 2.06 bits per heavy atom. The molecule has 0 fully saturated rings. The maximum atomic E-state index is 11.2. The Kier molecular flexibility index (Phi) is 8.26. The van der Waals surface area contributed by atoms with Crippen molar-refractivity contribution in [1.29, 1.82) is 0 Å². The summed E-state index contributed by atoms with van der Waals surface area (Å²) in [6, 6.07) is 0. The van der Waals surface area contributed by atoms with Crippen molar-refractivity contribution in [3.63, 3.8) is 0 Å². The molecule has 0 aromatic heterocycles. The van der Waals surface area contributed by atoms with Gasteiger partial charge in [0, 0.05) is 0 Å². The molecule has 0 radical (unpaired) electrons. The van der Waals surface area contributed by atoms with Gasteiger partial charge in [-0.25, -0.2) is 0 Å². The molecule has 4 nitrogen and oxygen atoms in total. The molecule has 0 aliphatic carbocycles. The Morgan fingerprint density at radius 1 is 1.41 bits per heavy atom. The van der Waals surface area contributed by atoms with Crippen LogP contribution in [0.2, 0.25) is 6.32 Å². The molecule has 0 rings (SSSR count). The minimum Gasteiger partial charge on any atom is -0.480 e. The van der Waals surface area contributed by atoms with Gasteiger partial charge < -0.3 is 16.2 Å². The lowest BCUT2D eigenvalue weighted by atomic mass is 9.88. The summed E-state index contributed by atoms with van der Waals surface area (Å²) in [5.74, 6) is -0.299. The standard InChI is InChI=1S/C12H27BN2O2/c1-10(2)9-15-8-6-12(14,11(16)17)5-3-4-7-13/h10,15H,3-9,13-14H2,1-2H3,(H,16,17)/t12-/m1/s1. The predicted molar refractivity (Wildman–Crippen MR) is 74.1 cm³/mol. The van der Waals surface area contributed by atoms with Gasteiger partial charge in [0.25, 0.3) is 0 Å². The highest BCUT2D eigenvalue weighted by atomic mass is 16.4. The van der Waals surface area contributed by atoms with Crippen molar-refractivity contribution in [3.8, 4) is 0 Å². The molecule has 1 atom stereocenters. The molecule has 0 aliphatic heterocycles. The topological polar surface area (TPSA) is 75.3 Å². The number of carbonyl (C=O) groups is 1. The molecule has 5 heteroatoms. The zero-order valence-corrected chi connectivity index (χ0v) is 11.5. The minimum absolute atomic E-state index is 0.499. The Hall–Kier alpha value is -0.545. The fourth-order valence-corrected chi connectivity index (χ4v) is 1.73. The van der Waals surface area contributed by atoms with Crippen molar-refractivity contribution < 1.29 is 9.90 Å². The van der Waals surface area contributed by atoms with Crippen LogP contribution in [-0.2, 0) is 4.79 Å². The lowest BCUT2D eigenvalue weighted by molar-refractivity contribution is -0.143. The van der Waals surface area contributed by atoms with Gasteiger partial charge in [0.2, 0.25) is 0 Å². The summed E-state index contributed by atoms with van der Waals surface area (Å²) < 4.78 is 0. The van der Waals surface area contributed by atoms with E-state index in [1.165, 1.54) is 0 Å². The van der Waals surface area contributed by atoms with Gasteiger partial charge in [-0.15, -0.1) is 0 Å². The van der Waals surface area contributed by atoms with E-state index in [1.807, 2.05) is 0 Å². The van der Waals surface area contributed by atoms with E-state index in [1.54, 1.807) is 0 Å². The zero-order valence-electron chi connectivity index (χ0n) is 11.5. The first-order valence-electron chi connectivity index (χ1n) is 6.65. The van der Waals surface area contributed by atoms with Crippen LogP contribution in [0.1, 0.15) is 39.5 Å². The number of nitrogens with two attached hydrogens (primary N) is 1. The molecule has 4 N–H and O–H groups in total. The zero-order chi connectivity index (χ0) is 13.3. The third kappa shape index (κ3) is 7.39. The molecule has 0 aliphatic rings. The van der Waals surface area contributed by atoms with Gasteiger partial charge in [0.05, 0.1) is 0 Å². The van der Waals surface area contributed by atoms with E-state index in [0.29, 0.717) is 25.3 Å². The van der Waals surface area contributed by atoms with Gasteiger partial charge in [-0.1, -0.05) is 33.0 Å². The Labute approximate surface area is 106 Å². The number of rotatable bonds is 10. The van der Waals surface area contributed by atoms with Crippen molar-refractivity contribution in [3.05, 3.63) is 0 Å². The van der Waals surface area contributed by atoms with Crippen molar-refractivity contribution in [2.24, 2.45) is 11.7 Å². The third-order valence-corrected chi connectivity index (χ3v) is 2.95. The molecule has 0 amide bonds. The molecule has 0 aromatic rings. The molecule has 100 valence electrons. The predicted octanol–water partition coefficient (Wildman–Crippen LogP) is 0.626. The quantitative estimate of drug-likeness (QED) is 0.388. The highest BCUT2D eigenvalue weighted by Crippen LogP contribution is 2.16. The summed E-state index contributed by atoms with van der Waals surface area (Å²) in [6.45, 7) is 5.83. The average Bonchev–Trinajstić information content (AvgIpc) is 2.24. The van der Waals surface area contributed by atoms with Crippen LogP contribution in [0, 0.1) is 5.92 Å². The number of hydrogen-bond acceptors (Lipinski definition) is 3. The summed E-state index contributed by atoms with van der Waals surface area (Å²) in [7, 11) is 2.10. The van der Waals surface area contributed by atoms with Crippen LogP contribution >= 0.6 is 0 Å². The summed E-state index contributed by atoms with van der Waals surface area (Å²) in [5, 5.41) is 12.4. The second-order valence-electron chi connectivity index (χ2n) is 5.27. The van der Waals surface area contributed by atoms with E-state index < -0.39 is 11.5 Å². The van der Waals surface area contributed by atoms with Gasteiger partial charge in [0.1, 0.15) is 13.4 Å². The highest BCUT2D eigenvalue weighted by Gasteiger charge is 2.32. The number of aliphatic carboxylic acids is 1. The van der Waals surface area contributed by atoms with E-state index in [2.05, 4.69) is 27.0 Å². The molecular weight excluding hydrogens is 215 g/mol.